The Balaban J connectivity index is 2.09. The second-order valence-electron chi connectivity index (χ2n) is 7.45. The first-order valence-electron chi connectivity index (χ1n) is 7.12. The highest BCUT2D eigenvalue weighted by atomic mass is 28.4. The maximum absolute atomic E-state index is 6.68. The third-order valence-electron chi connectivity index (χ3n) is 5.22. The Morgan fingerprint density at radius 2 is 1.76 bits per heavy atom. The minimum Gasteiger partial charge on any atom is -0.413 e. The van der Waals surface area contributed by atoms with Gasteiger partial charge in [0.1, 0.15) is 0 Å². The quantitative estimate of drug-likeness (QED) is 0.502. The molecule has 0 aromatic rings. The minimum absolute atomic E-state index is 0.329. The summed E-state index contributed by atoms with van der Waals surface area (Å²) < 4.78 is 6.68. The normalized spacial score (nSPS) is 28.2. The van der Waals surface area contributed by atoms with E-state index in [0.717, 1.165) is 6.42 Å². The zero-order valence-corrected chi connectivity index (χ0v) is 13.2. The van der Waals surface area contributed by atoms with Gasteiger partial charge in [-0.05, 0) is 37.4 Å². The van der Waals surface area contributed by atoms with Crippen LogP contribution in [-0.4, -0.2) is 14.4 Å². The van der Waals surface area contributed by atoms with Crippen LogP contribution >= 0.6 is 0 Å². The second kappa shape index (κ2) is 4.24. The van der Waals surface area contributed by atoms with E-state index in [1.807, 2.05) is 0 Å². The first-order valence-corrected chi connectivity index (χ1v) is 10.0. The minimum atomic E-state index is -1.60. The number of hydrogen-bond donors (Lipinski definition) is 0. The lowest BCUT2D eigenvalue weighted by Gasteiger charge is -2.42. The molecule has 98 valence electrons. The first kappa shape index (κ1) is 13.4. The Hall–Kier alpha value is -0.0831. The highest BCUT2D eigenvalue weighted by molar-refractivity contribution is 6.74. The van der Waals surface area contributed by atoms with E-state index in [-0.39, 0.29) is 0 Å². The molecule has 2 rings (SSSR count). The molecule has 0 radical (unpaired) electrons. The fourth-order valence-electron chi connectivity index (χ4n) is 2.99. The molecule has 1 atom stereocenters. The van der Waals surface area contributed by atoms with Crippen molar-refractivity contribution >= 4 is 8.32 Å². The molecule has 17 heavy (non-hydrogen) atoms. The van der Waals surface area contributed by atoms with Gasteiger partial charge in [0.2, 0.25) is 0 Å². The molecule has 0 saturated heterocycles. The van der Waals surface area contributed by atoms with Crippen LogP contribution in [0.1, 0.15) is 52.9 Å². The van der Waals surface area contributed by atoms with Crippen molar-refractivity contribution in [2.45, 2.75) is 77.1 Å². The van der Waals surface area contributed by atoms with E-state index in [2.05, 4.69) is 46.0 Å². The van der Waals surface area contributed by atoms with Gasteiger partial charge in [-0.2, -0.15) is 0 Å². The van der Waals surface area contributed by atoms with E-state index in [4.69, 9.17) is 4.43 Å². The molecule has 1 unspecified atom stereocenters. The molecule has 0 bridgehead atoms. The summed E-state index contributed by atoms with van der Waals surface area (Å²) in [5.41, 5.74) is 0.412. The highest BCUT2D eigenvalue weighted by Crippen LogP contribution is 2.50. The molecule has 0 amide bonds. The molecule has 0 heterocycles. The third kappa shape index (κ3) is 2.39. The molecule has 0 N–H and O–H groups in total. The van der Waals surface area contributed by atoms with Gasteiger partial charge in [-0.1, -0.05) is 45.8 Å². The van der Waals surface area contributed by atoms with Gasteiger partial charge in [0.25, 0.3) is 0 Å². The second-order valence-corrected chi connectivity index (χ2v) is 12.2. The van der Waals surface area contributed by atoms with Gasteiger partial charge in [-0.25, -0.2) is 0 Å². The van der Waals surface area contributed by atoms with Crippen molar-refractivity contribution in [2.24, 2.45) is 5.41 Å². The molecule has 0 aromatic carbocycles. The van der Waals surface area contributed by atoms with Gasteiger partial charge in [0.15, 0.2) is 8.32 Å². The summed E-state index contributed by atoms with van der Waals surface area (Å²) >= 11 is 0. The van der Waals surface area contributed by atoms with E-state index in [9.17, 15) is 0 Å². The molecule has 2 aliphatic carbocycles. The van der Waals surface area contributed by atoms with Crippen LogP contribution in [0.3, 0.4) is 0 Å². The molecule has 0 aromatic heterocycles. The summed E-state index contributed by atoms with van der Waals surface area (Å²) in [7, 11) is -1.60. The Morgan fingerprint density at radius 3 is 2.29 bits per heavy atom. The standard InChI is InChI=1S/C15H28OSi/c1-14(2,3)17(4,5)16-13-9-8-12-15(13)10-6-7-11-15/h8,12-13H,6-7,9-11H2,1-5H3. The third-order valence-corrected chi connectivity index (χ3v) is 9.70. The zero-order valence-electron chi connectivity index (χ0n) is 12.2. The molecular formula is C15H28OSi. The molecule has 1 fully saturated rings. The maximum Gasteiger partial charge on any atom is 0.192 e. The Kier molecular flexibility index (Phi) is 3.33. The van der Waals surface area contributed by atoms with Crippen molar-refractivity contribution in [3.63, 3.8) is 0 Å². The SMILES string of the molecule is CC(C)(C)[Si](C)(C)OC1CC=CC12CCCC2. The van der Waals surface area contributed by atoms with Gasteiger partial charge in [-0.15, -0.1) is 0 Å². The predicted octanol–water partition coefficient (Wildman–Crippen LogP) is 4.90. The van der Waals surface area contributed by atoms with E-state index >= 15 is 0 Å². The van der Waals surface area contributed by atoms with Gasteiger partial charge in [0.05, 0.1) is 6.10 Å². The molecule has 2 aliphatic rings. The van der Waals surface area contributed by atoms with Crippen LogP contribution in [-0.2, 0) is 4.43 Å². The summed E-state index contributed by atoms with van der Waals surface area (Å²) in [6, 6.07) is 0. The zero-order chi connectivity index (χ0) is 12.7. The molecule has 1 nitrogen and oxygen atoms in total. The van der Waals surface area contributed by atoms with Crippen LogP contribution in [0.25, 0.3) is 0 Å². The van der Waals surface area contributed by atoms with Crippen LogP contribution in [0.2, 0.25) is 18.1 Å². The monoisotopic (exact) mass is 252 g/mol. The first-order chi connectivity index (χ1) is 7.77. The predicted molar refractivity (Wildman–Crippen MR) is 76.7 cm³/mol. The summed E-state index contributed by atoms with van der Waals surface area (Å²) in [6.07, 6.45) is 11.9. The highest BCUT2D eigenvalue weighted by Gasteiger charge is 2.47. The molecule has 1 saturated carbocycles. The van der Waals surface area contributed by atoms with Crippen LogP contribution in [0.5, 0.6) is 0 Å². The smallest absolute Gasteiger partial charge is 0.192 e. The summed E-state index contributed by atoms with van der Waals surface area (Å²) in [4.78, 5) is 0. The number of rotatable bonds is 2. The van der Waals surface area contributed by atoms with E-state index < -0.39 is 8.32 Å². The largest absolute Gasteiger partial charge is 0.413 e. The van der Waals surface area contributed by atoms with Crippen LogP contribution in [0.4, 0.5) is 0 Å². The topological polar surface area (TPSA) is 9.23 Å². The average Bonchev–Trinajstić information content (AvgIpc) is 2.77. The maximum atomic E-state index is 6.68. The fourth-order valence-corrected chi connectivity index (χ4v) is 4.38. The van der Waals surface area contributed by atoms with E-state index in [1.165, 1.54) is 25.7 Å². The van der Waals surface area contributed by atoms with Crippen LogP contribution in [0, 0.1) is 5.41 Å². The molecule has 1 spiro atoms. The van der Waals surface area contributed by atoms with Crippen LogP contribution < -0.4 is 0 Å². The fraction of sp³-hybridized carbons (Fsp3) is 0.867. The van der Waals surface area contributed by atoms with Crippen molar-refractivity contribution in [1.29, 1.82) is 0 Å². The lowest BCUT2D eigenvalue weighted by molar-refractivity contribution is 0.0865. The lowest BCUT2D eigenvalue weighted by atomic mass is 9.84. The van der Waals surface area contributed by atoms with Gasteiger partial charge >= 0.3 is 0 Å². The van der Waals surface area contributed by atoms with Gasteiger partial charge < -0.3 is 4.43 Å². The summed E-state index contributed by atoms with van der Waals surface area (Å²) in [5.74, 6) is 0. The van der Waals surface area contributed by atoms with Crippen LogP contribution in [0.15, 0.2) is 12.2 Å². The average molecular weight is 252 g/mol. The van der Waals surface area contributed by atoms with Crippen molar-refractivity contribution in [2.75, 3.05) is 0 Å². The van der Waals surface area contributed by atoms with E-state index in [0.29, 0.717) is 16.6 Å². The summed E-state index contributed by atoms with van der Waals surface area (Å²) in [6.45, 7) is 11.8. The van der Waals surface area contributed by atoms with Gasteiger partial charge in [0, 0.05) is 5.41 Å². The molecular weight excluding hydrogens is 224 g/mol. The van der Waals surface area contributed by atoms with Crippen molar-refractivity contribution < 1.29 is 4.43 Å². The summed E-state index contributed by atoms with van der Waals surface area (Å²) in [5, 5.41) is 0.329. The lowest BCUT2D eigenvalue weighted by Crippen LogP contribution is -2.47. The Labute approximate surface area is 108 Å². The van der Waals surface area contributed by atoms with Crippen molar-refractivity contribution in [1.82, 2.24) is 0 Å². The molecule has 0 aliphatic heterocycles. The van der Waals surface area contributed by atoms with Crippen molar-refractivity contribution in [3.05, 3.63) is 12.2 Å². The Morgan fingerprint density at radius 1 is 1.18 bits per heavy atom. The number of hydrogen-bond acceptors (Lipinski definition) is 1. The Bertz CT molecular complexity index is 305. The van der Waals surface area contributed by atoms with Gasteiger partial charge in [-0.3, -0.25) is 0 Å². The van der Waals surface area contributed by atoms with E-state index in [1.54, 1.807) is 0 Å². The molecule has 2 heteroatoms. The van der Waals surface area contributed by atoms with Crippen molar-refractivity contribution in [3.8, 4) is 0 Å².